The van der Waals surface area contributed by atoms with Gasteiger partial charge in [0, 0.05) is 12.8 Å². The van der Waals surface area contributed by atoms with Crippen molar-refractivity contribution in [3.8, 4) is 0 Å². The van der Waals surface area contributed by atoms with Gasteiger partial charge in [-0.05, 0) is 51.4 Å². The average Bonchev–Trinajstić information content (AvgIpc) is 3.27. The van der Waals surface area contributed by atoms with E-state index in [1.165, 1.54) is 231 Å². The topological polar surface area (TPSA) is 95.9 Å². The number of carbonyl (C=O) groups is 2. The van der Waals surface area contributed by atoms with Gasteiger partial charge in [-0.3, -0.25) is 9.59 Å². The van der Waals surface area contributed by atoms with E-state index in [0.717, 1.165) is 44.9 Å². The van der Waals surface area contributed by atoms with Gasteiger partial charge in [-0.25, -0.2) is 0 Å². The van der Waals surface area contributed by atoms with E-state index >= 15 is 0 Å². The number of allylic oxidation sites excluding steroid dienone is 2. The minimum atomic E-state index is -0.666. The number of carbonyl (C=O) groups excluding carboxylic acids is 2. The van der Waals surface area contributed by atoms with Crippen LogP contribution in [0.25, 0.3) is 0 Å². The van der Waals surface area contributed by atoms with E-state index < -0.39 is 12.1 Å². The zero-order valence-corrected chi connectivity index (χ0v) is 41.9. The van der Waals surface area contributed by atoms with Crippen molar-refractivity contribution in [2.75, 3.05) is 13.2 Å². The second-order valence-electron chi connectivity index (χ2n) is 19.3. The molecule has 0 aromatic heterocycles. The molecule has 1 amide bonds. The second-order valence-corrected chi connectivity index (χ2v) is 19.3. The smallest absolute Gasteiger partial charge is 0.305 e. The molecule has 2 atom stereocenters. The Morgan fingerprint density at radius 1 is 0.435 bits per heavy atom. The Morgan fingerprint density at radius 3 is 1.18 bits per heavy atom. The Hall–Kier alpha value is -1.40. The van der Waals surface area contributed by atoms with Crippen molar-refractivity contribution in [2.24, 2.45) is 0 Å². The Bertz CT molecular complexity index is 924. The third-order valence-electron chi connectivity index (χ3n) is 13.1. The van der Waals surface area contributed by atoms with Crippen molar-refractivity contribution >= 4 is 11.9 Å². The number of ether oxygens (including phenoxy) is 1. The number of hydrogen-bond donors (Lipinski definition) is 3. The predicted octanol–water partition coefficient (Wildman–Crippen LogP) is 16.9. The molecule has 0 aromatic rings. The third-order valence-corrected chi connectivity index (χ3v) is 13.1. The maximum atomic E-state index is 12.5. The van der Waals surface area contributed by atoms with Crippen molar-refractivity contribution in [1.29, 1.82) is 0 Å². The highest BCUT2D eigenvalue weighted by atomic mass is 16.5. The molecule has 0 radical (unpaired) electrons. The minimum Gasteiger partial charge on any atom is -0.466 e. The molecular formula is C56H109NO5. The monoisotopic (exact) mass is 876 g/mol. The number of nitrogens with one attached hydrogen (secondary N) is 1. The van der Waals surface area contributed by atoms with Crippen LogP contribution in [-0.4, -0.2) is 47.4 Å². The number of rotatable bonds is 52. The lowest BCUT2D eigenvalue weighted by molar-refractivity contribution is -0.143. The highest BCUT2D eigenvalue weighted by molar-refractivity contribution is 5.76. The minimum absolute atomic E-state index is 0.00237. The van der Waals surface area contributed by atoms with Gasteiger partial charge in [-0.1, -0.05) is 257 Å². The van der Waals surface area contributed by atoms with Crippen molar-refractivity contribution < 1.29 is 24.5 Å². The van der Waals surface area contributed by atoms with Crippen molar-refractivity contribution in [3.63, 3.8) is 0 Å². The molecule has 0 aromatic carbocycles. The molecule has 62 heavy (non-hydrogen) atoms. The summed E-state index contributed by atoms with van der Waals surface area (Å²) in [5, 5.41) is 23.3. The number of amides is 1. The Kier molecular flexibility index (Phi) is 51.0. The second kappa shape index (κ2) is 52.2. The standard InChI is InChI=1S/C56H109NO5/c1-3-5-7-9-11-13-15-17-22-25-28-32-36-40-44-48-54(59)53(52-58)57-55(60)49-45-41-37-33-29-26-23-20-18-19-21-24-27-31-35-39-43-47-51-62-56(61)50-46-42-38-34-30-16-14-12-10-8-6-4-2/h12,14,53-54,58-59H,3-11,13,15-52H2,1-2H3,(H,57,60)/b14-12-. The molecule has 0 bridgehead atoms. The van der Waals surface area contributed by atoms with E-state index in [-0.39, 0.29) is 18.5 Å². The predicted molar refractivity (Wildman–Crippen MR) is 269 cm³/mol. The molecule has 0 aliphatic rings. The van der Waals surface area contributed by atoms with Gasteiger partial charge in [0.25, 0.3) is 0 Å². The van der Waals surface area contributed by atoms with Crippen LogP contribution >= 0.6 is 0 Å². The number of aliphatic hydroxyl groups is 2. The van der Waals surface area contributed by atoms with E-state index in [1.807, 2.05) is 0 Å². The summed E-state index contributed by atoms with van der Waals surface area (Å²) in [4.78, 5) is 24.5. The van der Waals surface area contributed by atoms with E-state index in [1.54, 1.807) is 0 Å². The van der Waals surface area contributed by atoms with E-state index in [2.05, 4.69) is 31.3 Å². The summed E-state index contributed by atoms with van der Waals surface area (Å²) >= 11 is 0. The molecular weight excluding hydrogens is 767 g/mol. The fourth-order valence-electron chi connectivity index (χ4n) is 8.75. The summed E-state index contributed by atoms with van der Waals surface area (Å²) < 4.78 is 5.46. The van der Waals surface area contributed by atoms with Crippen LogP contribution < -0.4 is 5.32 Å². The van der Waals surface area contributed by atoms with Crippen molar-refractivity contribution in [1.82, 2.24) is 5.32 Å². The van der Waals surface area contributed by atoms with E-state index in [9.17, 15) is 19.8 Å². The quantitative estimate of drug-likeness (QED) is 0.0321. The summed E-state index contributed by atoms with van der Waals surface area (Å²) in [6.45, 7) is 4.93. The SMILES string of the molecule is CCCCC/C=C\CCCCCCCC(=O)OCCCCCCCCCCCCCCCCCCCCC(=O)NC(CO)C(O)CCCCCCCCCCCCCCCCC. The van der Waals surface area contributed by atoms with Gasteiger partial charge in [0.15, 0.2) is 0 Å². The van der Waals surface area contributed by atoms with Gasteiger partial charge in [0.1, 0.15) is 0 Å². The Balaban J connectivity index is 3.41. The van der Waals surface area contributed by atoms with Crippen LogP contribution in [0.2, 0.25) is 0 Å². The largest absolute Gasteiger partial charge is 0.466 e. The summed E-state index contributed by atoms with van der Waals surface area (Å²) in [5.41, 5.74) is 0. The van der Waals surface area contributed by atoms with Crippen LogP contribution in [0.4, 0.5) is 0 Å². The zero-order chi connectivity index (χ0) is 45.1. The summed E-state index contributed by atoms with van der Waals surface area (Å²) in [5.74, 6) is -0.0398. The number of unbranched alkanes of at least 4 members (excludes halogenated alkanes) is 39. The number of esters is 1. The molecule has 0 saturated heterocycles. The highest BCUT2D eigenvalue weighted by Crippen LogP contribution is 2.17. The van der Waals surface area contributed by atoms with Gasteiger partial charge < -0.3 is 20.3 Å². The molecule has 0 aliphatic carbocycles. The van der Waals surface area contributed by atoms with Gasteiger partial charge in [0.05, 0.1) is 25.4 Å². The molecule has 3 N–H and O–H groups in total. The van der Waals surface area contributed by atoms with Gasteiger partial charge in [-0.2, -0.15) is 0 Å². The van der Waals surface area contributed by atoms with Crippen LogP contribution in [0.15, 0.2) is 12.2 Å². The first kappa shape index (κ1) is 60.6. The first-order valence-electron chi connectivity index (χ1n) is 27.9. The Labute approximate surface area is 387 Å². The van der Waals surface area contributed by atoms with Crippen LogP contribution in [-0.2, 0) is 14.3 Å². The Morgan fingerprint density at radius 2 is 0.758 bits per heavy atom. The maximum Gasteiger partial charge on any atom is 0.305 e. The lowest BCUT2D eigenvalue weighted by Crippen LogP contribution is -2.45. The normalized spacial score (nSPS) is 12.6. The van der Waals surface area contributed by atoms with E-state index in [0.29, 0.717) is 25.9 Å². The molecule has 0 rings (SSSR count). The molecule has 368 valence electrons. The molecule has 0 saturated carbocycles. The van der Waals surface area contributed by atoms with Gasteiger partial charge >= 0.3 is 5.97 Å². The number of aliphatic hydroxyl groups excluding tert-OH is 2. The summed E-state index contributed by atoms with van der Waals surface area (Å²) in [6, 6.07) is -0.543. The number of hydrogen-bond acceptors (Lipinski definition) is 5. The average molecular weight is 876 g/mol. The first-order chi connectivity index (χ1) is 30.5. The fraction of sp³-hybridized carbons (Fsp3) is 0.929. The highest BCUT2D eigenvalue weighted by Gasteiger charge is 2.20. The van der Waals surface area contributed by atoms with Crippen molar-refractivity contribution in [2.45, 2.75) is 321 Å². The van der Waals surface area contributed by atoms with Gasteiger partial charge in [0.2, 0.25) is 5.91 Å². The third kappa shape index (κ3) is 48.1. The lowest BCUT2D eigenvalue weighted by atomic mass is 10.0. The summed E-state index contributed by atoms with van der Waals surface area (Å²) in [6.07, 6.45) is 60.5. The lowest BCUT2D eigenvalue weighted by Gasteiger charge is -2.22. The molecule has 0 fully saturated rings. The molecule has 0 aliphatic heterocycles. The first-order valence-corrected chi connectivity index (χ1v) is 27.9. The van der Waals surface area contributed by atoms with Crippen LogP contribution in [0.3, 0.4) is 0 Å². The van der Waals surface area contributed by atoms with Crippen LogP contribution in [0.5, 0.6) is 0 Å². The van der Waals surface area contributed by atoms with Crippen LogP contribution in [0, 0.1) is 0 Å². The molecule has 0 spiro atoms. The van der Waals surface area contributed by atoms with Crippen molar-refractivity contribution in [3.05, 3.63) is 12.2 Å². The van der Waals surface area contributed by atoms with E-state index in [4.69, 9.17) is 4.74 Å². The molecule has 6 nitrogen and oxygen atoms in total. The molecule has 6 heteroatoms. The molecule has 2 unspecified atom stereocenters. The van der Waals surface area contributed by atoms with Crippen LogP contribution in [0.1, 0.15) is 309 Å². The fourth-order valence-corrected chi connectivity index (χ4v) is 8.75. The van der Waals surface area contributed by atoms with Gasteiger partial charge in [-0.15, -0.1) is 0 Å². The molecule has 0 heterocycles. The maximum absolute atomic E-state index is 12.5. The zero-order valence-electron chi connectivity index (χ0n) is 41.9. The summed E-state index contributed by atoms with van der Waals surface area (Å²) in [7, 11) is 0.